The van der Waals surface area contributed by atoms with Crippen molar-refractivity contribution in [3.8, 4) is 0 Å². The number of nitrogens with zero attached hydrogens (tertiary/aromatic N) is 1. The van der Waals surface area contributed by atoms with E-state index in [9.17, 15) is 4.79 Å². The molecule has 162 valence electrons. The molecule has 0 N–H and O–H groups in total. The predicted molar refractivity (Wildman–Crippen MR) is 131 cm³/mol. The van der Waals surface area contributed by atoms with Crippen molar-refractivity contribution in [1.82, 2.24) is 4.90 Å². The van der Waals surface area contributed by atoms with E-state index in [0.29, 0.717) is 5.02 Å². The Bertz CT molecular complexity index is 868. The van der Waals surface area contributed by atoms with Crippen molar-refractivity contribution in [2.75, 3.05) is 12.0 Å². The van der Waals surface area contributed by atoms with Gasteiger partial charge >= 0.3 is 0 Å². The highest BCUT2D eigenvalue weighted by atomic mass is 35.5. The molecule has 0 spiro atoms. The summed E-state index contributed by atoms with van der Waals surface area (Å²) in [6, 6.07) is 16.3. The summed E-state index contributed by atoms with van der Waals surface area (Å²) in [6.07, 6.45) is 4.75. The molecule has 3 unspecified atom stereocenters. The molecule has 1 amide bonds. The quantitative estimate of drug-likeness (QED) is 0.420. The predicted octanol–water partition coefficient (Wildman–Crippen LogP) is 7.61. The van der Waals surface area contributed by atoms with Gasteiger partial charge in [-0.3, -0.25) is 4.79 Å². The van der Waals surface area contributed by atoms with E-state index in [1.54, 1.807) is 11.8 Å². The molecule has 3 rings (SSSR count). The highest BCUT2D eigenvalue weighted by Crippen LogP contribution is 2.52. The van der Waals surface area contributed by atoms with Gasteiger partial charge in [0, 0.05) is 27.8 Å². The number of hydrogen-bond acceptors (Lipinski definition) is 2. The van der Waals surface area contributed by atoms with E-state index in [0.717, 1.165) is 35.6 Å². The zero-order valence-corrected chi connectivity index (χ0v) is 20.5. The average molecular weight is 465 g/mol. The molecule has 3 atom stereocenters. The summed E-state index contributed by atoms with van der Waals surface area (Å²) in [5, 5.41) is 1.45. The Morgan fingerprint density at radius 1 is 1.07 bits per heavy atom. The Balaban J connectivity index is 2.20. The van der Waals surface area contributed by atoms with Crippen LogP contribution in [0, 0.1) is 5.41 Å². The second-order valence-electron chi connectivity index (χ2n) is 8.54. The SMILES string of the molecule is CCC(CC)N1C(=O)C(C)(CSC)CC(c2cccc(Cl)c2)C1c1ccc(Cl)cc1. The molecule has 2 aromatic carbocycles. The monoisotopic (exact) mass is 463 g/mol. The zero-order chi connectivity index (χ0) is 21.9. The highest BCUT2D eigenvalue weighted by molar-refractivity contribution is 7.98. The summed E-state index contributed by atoms with van der Waals surface area (Å²) in [5.74, 6) is 1.25. The number of halogens is 2. The van der Waals surface area contributed by atoms with Crippen molar-refractivity contribution in [3.05, 3.63) is 69.7 Å². The zero-order valence-electron chi connectivity index (χ0n) is 18.2. The smallest absolute Gasteiger partial charge is 0.230 e. The molecule has 0 bridgehead atoms. The van der Waals surface area contributed by atoms with Gasteiger partial charge in [-0.1, -0.05) is 61.3 Å². The lowest BCUT2D eigenvalue weighted by Crippen LogP contribution is -2.56. The third-order valence-electron chi connectivity index (χ3n) is 6.39. The molecule has 2 aromatic rings. The fraction of sp³-hybridized carbons (Fsp3) is 0.480. The minimum atomic E-state index is -0.405. The van der Waals surface area contributed by atoms with Gasteiger partial charge in [0.15, 0.2) is 0 Å². The van der Waals surface area contributed by atoms with Gasteiger partial charge in [-0.05, 0) is 67.8 Å². The Labute approximate surface area is 195 Å². The standard InChI is InChI=1S/C25H31Cl2NOS/c1-5-21(6-2)28-23(17-10-12-19(26)13-11-17)22(18-8-7-9-20(27)14-18)15-25(3,16-30-4)24(28)29/h7-14,21-23H,5-6,15-16H2,1-4H3. The molecule has 1 aliphatic rings. The number of rotatable bonds is 7. The van der Waals surface area contributed by atoms with Gasteiger partial charge in [-0.2, -0.15) is 11.8 Å². The summed E-state index contributed by atoms with van der Waals surface area (Å²) in [6.45, 7) is 6.49. The number of thioether (sulfide) groups is 1. The van der Waals surface area contributed by atoms with Crippen molar-refractivity contribution < 1.29 is 4.79 Å². The van der Waals surface area contributed by atoms with E-state index >= 15 is 0 Å². The van der Waals surface area contributed by atoms with Gasteiger partial charge in [0.25, 0.3) is 0 Å². The Kier molecular flexibility index (Phi) is 7.81. The van der Waals surface area contributed by atoms with E-state index in [2.05, 4.69) is 56.2 Å². The van der Waals surface area contributed by atoms with Gasteiger partial charge in [0.2, 0.25) is 5.91 Å². The molecule has 0 aromatic heterocycles. The number of amides is 1. The van der Waals surface area contributed by atoms with Gasteiger partial charge in [-0.15, -0.1) is 0 Å². The number of benzene rings is 2. The van der Waals surface area contributed by atoms with E-state index in [1.807, 2.05) is 24.3 Å². The minimum absolute atomic E-state index is 0.0342. The first-order chi connectivity index (χ1) is 14.3. The van der Waals surface area contributed by atoms with Crippen molar-refractivity contribution >= 4 is 40.9 Å². The first-order valence-electron chi connectivity index (χ1n) is 10.7. The summed E-state index contributed by atoms with van der Waals surface area (Å²) in [4.78, 5) is 16.1. The van der Waals surface area contributed by atoms with Crippen LogP contribution in [0.5, 0.6) is 0 Å². The lowest BCUT2D eigenvalue weighted by molar-refractivity contribution is -0.153. The Morgan fingerprint density at radius 3 is 2.30 bits per heavy atom. The van der Waals surface area contributed by atoms with Crippen LogP contribution in [0.2, 0.25) is 10.0 Å². The molecular weight excluding hydrogens is 433 g/mol. The molecule has 0 saturated carbocycles. The molecule has 30 heavy (non-hydrogen) atoms. The van der Waals surface area contributed by atoms with E-state index in [1.165, 1.54) is 5.56 Å². The molecular formula is C25H31Cl2NOS. The summed E-state index contributed by atoms with van der Waals surface area (Å²) >= 11 is 14.3. The molecule has 1 fully saturated rings. The fourth-order valence-corrected chi connectivity index (χ4v) is 6.12. The van der Waals surface area contributed by atoms with Gasteiger partial charge < -0.3 is 4.90 Å². The van der Waals surface area contributed by atoms with Crippen LogP contribution in [-0.2, 0) is 4.79 Å². The van der Waals surface area contributed by atoms with Gasteiger partial charge in [-0.25, -0.2) is 0 Å². The summed E-state index contributed by atoms with van der Waals surface area (Å²) < 4.78 is 0. The number of likely N-dealkylation sites (tertiary alicyclic amines) is 1. The number of piperidine rings is 1. The molecule has 1 saturated heterocycles. The lowest BCUT2D eigenvalue weighted by atomic mass is 9.69. The third kappa shape index (κ3) is 4.69. The topological polar surface area (TPSA) is 20.3 Å². The number of carbonyl (C=O) groups is 1. The van der Waals surface area contributed by atoms with Crippen LogP contribution < -0.4 is 0 Å². The van der Waals surface area contributed by atoms with Crippen LogP contribution in [0.15, 0.2) is 48.5 Å². The van der Waals surface area contributed by atoms with E-state index in [4.69, 9.17) is 23.2 Å². The lowest BCUT2D eigenvalue weighted by Gasteiger charge is -2.52. The Morgan fingerprint density at radius 2 is 1.73 bits per heavy atom. The normalized spacial score (nSPS) is 24.5. The number of hydrogen-bond donors (Lipinski definition) is 0. The highest BCUT2D eigenvalue weighted by Gasteiger charge is 2.50. The molecule has 2 nitrogen and oxygen atoms in total. The first-order valence-corrected chi connectivity index (χ1v) is 12.8. The maximum atomic E-state index is 14.0. The van der Waals surface area contributed by atoms with Crippen molar-refractivity contribution in [2.24, 2.45) is 5.41 Å². The second kappa shape index (κ2) is 9.97. The summed E-state index contributed by atoms with van der Waals surface area (Å²) in [5.41, 5.74) is 1.92. The molecule has 1 heterocycles. The van der Waals surface area contributed by atoms with Crippen molar-refractivity contribution in [3.63, 3.8) is 0 Å². The van der Waals surface area contributed by atoms with Crippen LogP contribution in [0.3, 0.4) is 0 Å². The van der Waals surface area contributed by atoms with Crippen LogP contribution in [0.4, 0.5) is 0 Å². The van der Waals surface area contributed by atoms with Crippen LogP contribution in [0.25, 0.3) is 0 Å². The van der Waals surface area contributed by atoms with Gasteiger partial charge in [0.05, 0.1) is 11.5 Å². The third-order valence-corrected chi connectivity index (χ3v) is 7.80. The fourth-order valence-electron chi connectivity index (χ4n) is 4.92. The van der Waals surface area contributed by atoms with Crippen LogP contribution in [-0.4, -0.2) is 28.9 Å². The van der Waals surface area contributed by atoms with Gasteiger partial charge in [0.1, 0.15) is 0 Å². The maximum absolute atomic E-state index is 14.0. The van der Waals surface area contributed by atoms with Crippen molar-refractivity contribution in [2.45, 2.75) is 58.0 Å². The van der Waals surface area contributed by atoms with Crippen molar-refractivity contribution in [1.29, 1.82) is 0 Å². The first kappa shape index (κ1) is 23.5. The van der Waals surface area contributed by atoms with E-state index in [-0.39, 0.29) is 23.9 Å². The Hall–Kier alpha value is -1.16. The molecule has 0 radical (unpaired) electrons. The maximum Gasteiger partial charge on any atom is 0.230 e. The molecule has 5 heteroatoms. The van der Waals surface area contributed by atoms with E-state index < -0.39 is 5.41 Å². The minimum Gasteiger partial charge on any atom is -0.332 e. The van der Waals surface area contributed by atoms with Crippen LogP contribution in [0.1, 0.15) is 63.1 Å². The average Bonchev–Trinajstić information content (AvgIpc) is 2.73. The summed E-state index contributed by atoms with van der Waals surface area (Å²) in [7, 11) is 0. The largest absolute Gasteiger partial charge is 0.332 e. The molecule has 0 aliphatic carbocycles. The number of carbonyl (C=O) groups excluding carboxylic acids is 1. The van der Waals surface area contributed by atoms with Crippen LogP contribution >= 0.6 is 35.0 Å². The molecule has 1 aliphatic heterocycles. The second-order valence-corrected chi connectivity index (χ2v) is 10.3.